The van der Waals surface area contributed by atoms with E-state index in [4.69, 9.17) is 25.8 Å². The number of para-hydroxylation sites is 4. The molecule has 1 aromatic heterocycles. The van der Waals surface area contributed by atoms with Crippen molar-refractivity contribution in [1.29, 1.82) is 0 Å². The zero-order valence-electron chi connectivity index (χ0n) is 25.3. The van der Waals surface area contributed by atoms with Crippen LogP contribution < -0.4 is 29.6 Å². The van der Waals surface area contributed by atoms with Gasteiger partial charge in [-0.1, -0.05) is 35.9 Å². The molecule has 0 N–H and O–H groups in total. The maximum Gasteiger partial charge on any atom is 0.287 e. The fourth-order valence-electron chi connectivity index (χ4n) is 5.72. The second-order valence-electron chi connectivity index (χ2n) is 10.8. The summed E-state index contributed by atoms with van der Waals surface area (Å²) in [6.45, 7) is 12.5. The molecule has 2 saturated heterocycles. The summed E-state index contributed by atoms with van der Waals surface area (Å²) < 4.78 is 18.7. The van der Waals surface area contributed by atoms with Crippen molar-refractivity contribution in [2.75, 3.05) is 95.6 Å². The topological polar surface area (TPSA) is 75.5 Å². The second-order valence-corrected chi connectivity index (χ2v) is 11.2. The van der Waals surface area contributed by atoms with Crippen molar-refractivity contribution in [1.82, 2.24) is 19.6 Å². The van der Waals surface area contributed by atoms with E-state index in [9.17, 15) is 4.79 Å². The summed E-state index contributed by atoms with van der Waals surface area (Å²) >= 11 is 6.60. The third kappa shape index (κ3) is 7.93. The van der Waals surface area contributed by atoms with Crippen LogP contribution in [0.15, 0.2) is 59.5 Å². The maximum absolute atomic E-state index is 13.1. The van der Waals surface area contributed by atoms with Crippen LogP contribution in [-0.2, 0) is 6.54 Å². The standard InChI is InChI=1S/C32H43ClN6O4/c1-3-42-29-11-6-7-12-30(29)43-24-23-36-17-21-38(22-18-36)27-25-34-39(32(40)31(27)33)14-8-13-35-15-19-37(20-16-35)26-9-4-5-10-28(26)41-2/h4-7,9-12,25H,3,8,13-24H2,1-2H3. The predicted octanol–water partition coefficient (Wildman–Crippen LogP) is 3.72. The molecule has 232 valence electrons. The van der Waals surface area contributed by atoms with Crippen molar-refractivity contribution < 1.29 is 14.2 Å². The average Bonchev–Trinajstić information content (AvgIpc) is 3.05. The monoisotopic (exact) mass is 610 g/mol. The third-order valence-electron chi connectivity index (χ3n) is 8.14. The first-order valence-electron chi connectivity index (χ1n) is 15.2. The van der Waals surface area contributed by atoms with Gasteiger partial charge in [0.25, 0.3) is 5.56 Å². The Morgan fingerprint density at radius 1 is 0.744 bits per heavy atom. The van der Waals surface area contributed by atoms with Gasteiger partial charge in [-0.2, -0.15) is 5.10 Å². The van der Waals surface area contributed by atoms with Crippen LogP contribution in [0.3, 0.4) is 0 Å². The summed E-state index contributed by atoms with van der Waals surface area (Å²) in [5.74, 6) is 2.46. The van der Waals surface area contributed by atoms with Gasteiger partial charge in [0.15, 0.2) is 11.5 Å². The van der Waals surface area contributed by atoms with Crippen LogP contribution in [0.25, 0.3) is 0 Å². The van der Waals surface area contributed by atoms with Crippen molar-refractivity contribution in [2.45, 2.75) is 19.9 Å². The van der Waals surface area contributed by atoms with Gasteiger partial charge in [-0.3, -0.25) is 14.6 Å². The molecule has 2 fully saturated rings. The fraction of sp³-hybridized carbons (Fsp3) is 0.500. The molecule has 2 aromatic carbocycles. The number of nitrogens with zero attached hydrogens (tertiary/aromatic N) is 6. The van der Waals surface area contributed by atoms with Gasteiger partial charge in [0.1, 0.15) is 17.4 Å². The number of piperazine rings is 2. The molecule has 0 atom stereocenters. The lowest BCUT2D eigenvalue weighted by atomic mass is 10.2. The maximum atomic E-state index is 13.1. The van der Waals surface area contributed by atoms with E-state index in [1.165, 1.54) is 4.68 Å². The molecule has 2 aliphatic heterocycles. The van der Waals surface area contributed by atoms with Crippen LogP contribution >= 0.6 is 11.6 Å². The van der Waals surface area contributed by atoms with Crippen LogP contribution in [0.2, 0.25) is 5.02 Å². The fourth-order valence-corrected chi connectivity index (χ4v) is 5.99. The lowest BCUT2D eigenvalue weighted by Gasteiger charge is -2.36. The summed E-state index contributed by atoms with van der Waals surface area (Å²) in [6, 6.07) is 15.9. The van der Waals surface area contributed by atoms with Gasteiger partial charge in [0.2, 0.25) is 0 Å². The summed E-state index contributed by atoms with van der Waals surface area (Å²) in [7, 11) is 1.72. The summed E-state index contributed by atoms with van der Waals surface area (Å²) in [4.78, 5) is 22.4. The normalized spacial score (nSPS) is 16.3. The van der Waals surface area contributed by atoms with Crippen LogP contribution in [0.4, 0.5) is 11.4 Å². The van der Waals surface area contributed by atoms with E-state index in [2.05, 4.69) is 30.8 Å². The highest BCUT2D eigenvalue weighted by atomic mass is 35.5. The summed E-state index contributed by atoms with van der Waals surface area (Å²) in [5, 5.41) is 4.74. The van der Waals surface area contributed by atoms with Gasteiger partial charge >= 0.3 is 0 Å². The number of ether oxygens (including phenoxy) is 3. The lowest BCUT2D eigenvalue weighted by molar-refractivity contribution is 0.195. The number of anilines is 2. The van der Waals surface area contributed by atoms with Gasteiger partial charge in [-0.15, -0.1) is 0 Å². The number of hydrogen-bond donors (Lipinski definition) is 0. The Morgan fingerprint density at radius 2 is 1.33 bits per heavy atom. The van der Waals surface area contributed by atoms with E-state index in [1.807, 2.05) is 49.4 Å². The van der Waals surface area contributed by atoms with Gasteiger partial charge in [0.05, 0.1) is 31.3 Å². The molecule has 43 heavy (non-hydrogen) atoms. The molecule has 11 heteroatoms. The third-order valence-corrected chi connectivity index (χ3v) is 8.49. The molecule has 3 aromatic rings. The Bertz CT molecular complexity index is 1370. The van der Waals surface area contributed by atoms with Crippen molar-refractivity contribution in [3.05, 3.63) is 70.1 Å². The minimum Gasteiger partial charge on any atom is -0.495 e. The molecular weight excluding hydrogens is 568 g/mol. The van der Waals surface area contributed by atoms with Crippen LogP contribution in [-0.4, -0.2) is 105 Å². The van der Waals surface area contributed by atoms with E-state index in [0.717, 1.165) is 100 Å². The molecule has 0 aliphatic carbocycles. The highest BCUT2D eigenvalue weighted by molar-refractivity contribution is 6.33. The van der Waals surface area contributed by atoms with Crippen molar-refractivity contribution in [3.63, 3.8) is 0 Å². The van der Waals surface area contributed by atoms with E-state index >= 15 is 0 Å². The summed E-state index contributed by atoms with van der Waals surface area (Å²) in [5.41, 5.74) is 1.64. The molecule has 0 bridgehead atoms. The highest BCUT2D eigenvalue weighted by Gasteiger charge is 2.22. The molecule has 0 saturated carbocycles. The minimum atomic E-state index is -0.219. The Morgan fingerprint density at radius 3 is 1.98 bits per heavy atom. The quantitative estimate of drug-likeness (QED) is 0.288. The van der Waals surface area contributed by atoms with E-state index in [0.29, 0.717) is 19.8 Å². The average molecular weight is 611 g/mol. The molecule has 2 aliphatic rings. The molecule has 0 unspecified atom stereocenters. The van der Waals surface area contributed by atoms with Crippen LogP contribution in [0.5, 0.6) is 17.2 Å². The summed E-state index contributed by atoms with van der Waals surface area (Å²) in [6.07, 6.45) is 2.59. The number of aromatic nitrogens is 2. The van der Waals surface area contributed by atoms with Crippen molar-refractivity contribution in [3.8, 4) is 17.2 Å². The largest absolute Gasteiger partial charge is 0.495 e. The molecule has 0 radical (unpaired) electrons. The molecule has 10 nitrogen and oxygen atoms in total. The SMILES string of the molecule is CCOc1ccccc1OCCN1CCN(c2cnn(CCCN3CCN(c4ccccc4OC)CC3)c(=O)c2Cl)CC1. The lowest BCUT2D eigenvalue weighted by Crippen LogP contribution is -2.48. The Kier molecular flexibility index (Phi) is 11.0. The smallest absolute Gasteiger partial charge is 0.287 e. The molecule has 0 spiro atoms. The number of benzene rings is 2. The van der Waals surface area contributed by atoms with E-state index < -0.39 is 0 Å². The van der Waals surface area contributed by atoms with Crippen LogP contribution in [0, 0.1) is 0 Å². The van der Waals surface area contributed by atoms with Gasteiger partial charge in [-0.25, -0.2) is 4.68 Å². The number of rotatable bonds is 13. The van der Waals surface area contributed by atoms with Crippen molar-refractivity contribution in [2.24, 2.45) is 0 Å². The first-order chi connectivity index (χ1) is 21.1. The molecule has 5 rings (SSSR count). The van der Waals surface area contributed by atoms with Crippen LogP contribution in [0.1, 0.15) is 13.3 Å². The van der Waals surface area contributed by atoms with Gasteiger partial charge < -0.3 is 24.0 Å². The number of hydrogen-bond acceptors (Lipinski definition) is 9. The van der Waals surface area contributed by atoms with Gasteiger partial charge in [0, 0.05) is 72.0 Å². The molecule has 3 heterocycles. The Hall–Kier alpha value is -3.47. The van der Waals surface area contributed by atoms with E-state index in [-0.39, 0.29) is 10.6 Å². The Labute approximate surface area is 259 Å². The highest BCUT2D eigenvalue weighted by Crippen LogP contribution is 2.29. The Balaban J connectivity index is 1.04. The second kappa shape index (κ2) is 15.3. The minimum absolute atomic E-state index is 0.219. The zero-order valence-corrected chi connectivity index (χ0v) is 26.0. The molecule has 0 amide bonds. The van der Waals surface area contributed by atoms with E-state index in [1.54, 1.807) is 13.3 Å². The van der Waals surface area contributed by atoms with Gasteiger partial charge in [-0.05, 0) is 37.6 Å². The number of aryl methyl sites for hydroxylation is 1. The zero-order chi connectivity index (χ0) is 30.0. The molecular formula is C32H43ClN6O4. The first-order valence-corrected chi connectivity index (χ1v) is 15.6. The number of methoxy groups -OCH3 is 1. The predicted molar refractivity (Wildman–Crippen MR) is 172 cm³/mol. The first kappa shape index (κ1) is 31.0. The number of halogens is 1. The van der Waals surface area contributed by atoms with Crippen molar-refractivity contribution >= 4 is 23.0 Å².